The Balaban J connectivity index is 1.69. The molecule has 116 valence electrons. The van der Waals surface area contributed by atoms with Crippen molar-refractivity contribution < 1.29 is 4.79 Å². The third-order valence-corrected chi connectivity index (χ3v) is 4.82. The molecule has 0 bridgehead atoms. The Morgan fingerprint density at radius 3 is 2.78 bits per heavy atom. The van der Waals surface area contributed by atoms with Crippen LogP contribution in [0.2, 0.25) is 0 Å². The highest BCUT2D eigenvalue weighted by atomic mass is 79.9. The predicted molar refractivity (Wildman–Crippen MR) is 98.8 cm³/mol. The second-order valence-corrected chi connectivity index (χ2v) is 6.97. The van der Waals surface area contributed by atoms with E-state index in [4.69, 9.17) is 0 Å². The highest BCUT2D eigenvalue weighted by molar-refractivity contribution is 9.10. The molecule has 3 nitrogen and oxygen atoms in total. The van der Waals surface area contributed by atoms with Gasteiger partial charge >= 0.3 is 0 Å². The maximum absolute atomic E-state index is 12.2. The van der Waals surface area contributed by atoms with Crippen LogP contribution in [0.3, 0.4) is 0 Å². The number of nitrogens with zero attached hydrogens (tertiary/aromatic N) is 1. The van der Waals surface area contributed by atoms with E-state index >= 15 is 0 Å². The third kappa shape index (κ3) is 4.06. The first kappa shape index (κ1) is 15.9. The van der Waals surface area contributed by atoms with Gasteiger partial charge in [0.25, 0.3) is 0 Å². The van der Waals surface area contributed by atoms with E-state index in [0.717, 1.165) is 32.0 Å². The van der Waals surface area contributed by atoms with Crippen LogP contribution in [-0.4, -0.2) is 10.9 Å². The Morgan fingerprint density at radius 2 is 2.00 bits per heavy atom. The number of aromatic nitrogens is 1. The number of halogens is 1. The molecule has 23 heavy (non-hydrogen) atoms. The van der Waals surface area contributed by atoms with Crippen LogP contribution >= 0.6 is 27.3 Å². The molecular formula is C18H15BrN2OS. The van der Waals surface area contributed by atoms with Crippen LogP contribution in [0, 0.1) is 6.92 Å². The Morgan fingerprint density at radius 1 is 1.22 bits per heavy atom. The molecule has 0 aliphatic carbocycles. The summed E-state index contributed by atoms with van der Waals surface area (Å²) in [6, 6.07) is 15.8. The minimum absolute atomic E-state index is 0.0592. The van der Waals surface area contributed by atoms with E-state index in [-0.39, 0.29) is 12.3 Å². The minimum Gasteiger partial charge on any atom is -0.325 e. The number of carbonyl (C=O) groups is 1. The molecule has 3 aromatic rings. The first-order chi connectivity index (χ1) is 11.1. The van der Waals surface area contributed by atoms with Crippen LogP contribution in [0.1, 0.15) is 11.3 Å². The average Bonchev–Trinajstić information content (AvgIpc) is 3.00. The van der Waals surface area contributed by atoms with E-state index in [2.05, 4.69) is 26.2 Å². The average molecular weight is 387 g/mol. The van der Waals surface area contributed by atoms with Crippen molar-refractivity contribution in [3.8, 4) is 10.6 Å². The molecule has 5 heteroatoms. The number of rotatable bonds is 4. The lowest BCUT2D eigenvalue weighted by molar-refractivity contribution is -0.115. The summed E-state index contributed by atoms with van der Waals surface area (Å²) < 4.78 is 0.943. The number of hydrogen-bond donors (Lipinski definition) is 1. The molecule has 0 unspecified atom stereocenters. The van der Waals surface area contributed by atoms with E-state index in [9.17, 15) is 4.79 Å². The first-order valence-electron chi connectivity index (χ1n) is 7.17. The summed E-state index contributed by atoms with van der Waals surface area (Å²) in [6.45, 7) is 1.97. The second-order valence-electron chi connectivity index (χ2n) is 5.19. The van der Waals surface area contributed by atoms with Crippen molar-refractivity contribution >= 4 is 38.9 Å². The largest absolute Gasteiger partial charge is 0.325 e. The quantitative estimate of drug-likeness (QED) is 0.680. The summed E-state index contributed by atoms with van der Waals surface area (Å²) >= 11 is 4.98. The molecule has 0 saturated heterocycles. The summed E-state index contributed by atoms with van der Waals surface area (Å²) in [6.07, 6.45) is 0.273. The standard InChI is InChI=1S/C18H15BrN2OS/c1-12-7-8-14(19)9-16(12)21-17(22)10-15-11-23-18(20-15)13-5-3-2-4-6-13/h2-9,11H,10H2,1H3,(H,21,22). The molecule has 1 aromatic heterocycles. The highest BCUT2D eigenvalue weighted by Crippen LogP contribution is 2.24. The first-order valence-corrected chi connectivity index (χ1v) is 8.85. The molecule has 0 fully saturated rings. The van der Waals surface area contributed by atoms with E-state index in [1.165, 1.54) is 0 Å². The number of benzene rings is 2. The summed E-state index contributed by atoms with van der Waals surface area (Å²) in [7, 11) is 0. The van der Waals surface area contributed by atoms with Crippen LogP contribution in [0.5, 0.6) is 0 Å². The fraction of sp³-hybridized carbons (Fsp3) is 0.111. The van der Waals surface area contributed by atoms with Crippen molar-refractivity contribution in [2.45, 2.75) is 13.3 Å². The van der Waals surface area contributed by atoms with Gasteiger partial charge in [-0.25, -0.2) is 4.98 Å². The van der Waals surface area contributed by atoms with Crippen LogP contribution in [0.25, 0.3) is 10.6 Å². The van der Waals surface area contributed by atoms with E-state index in [1.807, 2.05) is 60.8 Å². The van der Waals surface area contributed by atoms with Gasteiger partial charge in [-0.15, -0.1) is 11.3 Å². The van der Waals surface area contributed by atoms with Crippen molar-refractivity contribution in [1.29, 1.82) is 0 Å². The van der Waals surface area contributed by atoms with Crippen LogP contribution in [-0.2, 0) is 11.2 Å². The van der Waals surface area contributed by atoms with Crippen LogP contribution in [0.4, 0.5) is 5.69 Å². The molecule has 0 aliphatic heterocycles. The van der Waals surface area contributed by atoms with Gasteiger partial charge in [-0.05, 0) is 24.6 Å². The van der Waals surface area contributed by atoms with Crippen molar-refractivity contribution in [2.75, 3.05) is 5.32 Å². The maximum atomic E-state index is 12.2. The number of nitrogens with one attached hydrogen (secondary N) is 1. The van der Waals surface area contributed by atoms with Gasteiger partial charge in [-0.3, -0.25) is 4.79 Å². The van der Waals surface area contributed by atoms with Gasteiger partial charge in [-0.1, -0.05) is 52.3 Å². The van der Waals surface area contributed by atoms with Gasteiger partial charge < -0.3 is 5.32 Å². The van der Waals surface area contributed by atoms with E-state index in [1.54, 1.807) is 11.3 Å². The van der Waals surface area contributed by atoms with Gasteiger partial charge in [0, 0.05) is 21.1 Å². The Kier molecular flexibility index (Phi) is 4.88. The Hall–Kier alpha value is -1.98. The molecule has 3 rings (SSSR count). The molecular weight excluding hydrogens is 372 g/mol. The molecule has 1 amide bonds. The van der Waals surface area contributed by atoms with Crippen LogP contribution < -0.4 is 5.32 Å². The zero-order valence-electron chi connectivity index (χ0n) is 12.5. The fourth-order valence-electron chi connectivity index (χ4n) is 2.19. The number of carbonyl (C=O) groups excluding carboxylic acids is 1. The topological polar surface area (TPSA) is 42.0 Å². The molecule has 1 heterocycles. The molecule has 0 radical (unpaired) electrons. The van der Waals surface area contributed by atoms with Crippen molar-refractivity contribution in [3.63, 3.8) is 0 Å². The highest BCUT2D eigenvalue weighted by Gasteiger charge is 2.10. The smallest absolute Gasteiger partial charge is 0.230 e. The van der Waals surface area contributed by atoms with Gasteiger partial charge in [-0.2, -0.15) is 0 Å². The van der Waals surface area contributed by atoms with Crippen molar-refractivity contribution in [2.24, 2.45) is 0 Å². The lowest BCUT2D eigenvalue weighted by atomic mass is 10.2. The monoisotopic (exact) mass is 386 g/mol. The zero-order valence-corrected chi connectivity index (χ0v) is 14.9. The van der Waals surface area contributed by atoms with Crippen LogP contribution in [0.15, 0.2) is 58.4 Å². The Bertz CT molecular complexity index is 830. The fourth-order valence-corrected chi connectivity index (χ4v) is 3.38. The van der Waals surface area contributed by atoms with Gasteiger partial charge in [0.1, 0.15) is 5.01 Å². The third-order valence-electron chi connectivity index (χ3n) is 3.39. The van der Waals surface area contributed by atoms with Gasteiger partial charge in [0.2, 0.25) is 5.91 Å². The molecule has 0 spiro atoms. The Labute approximate surface area is 147 Å². The number of aryl methyl sites for hydroxylation is 1. The number of thiazole rings is 1. The molecule has 0 aliphatic rings. The SMILES string of the molecule is Cc1ccc(Br)cc1NC(=O)Cc1csc(-c2ccccc2)n1. The van der Waals surface area contributed by atoms with Crippen molar-refractivity contribution in [3.05, 3.63) is 69.6 Å². The summed E-state index contributed by atoms with van der Waals surface area (Å²) in [5.74, 6) is -0.0592. The van der Waals surface area contributed by atoms with Gasteiger partial charge in [0.15, 0.2) is 0 Å². The lowest BCUT2D eigenvalue weighted by Gasteiger charge is -2.08. The van der Waals surface area contributed by atoms with E-state index in [0.29, 0.717) is 0 Å². The number of amides is 1. The predicted octanol–water partition coefficient (Wildman–Crippen LogP) is 5.06. The number of hydrogen-bond acceptors (Lipinski definition) is 3. The molecule has 0 saturated carbocycles. The minimum atomic E-state index is -0.0592. The normalized spacial score (nSPS) is 10.5. The van der Waals surface area contributed by atoms with E-state index < -0.39 is 0 Å². The molecule has 0 atom stereocenters. The summed E-state index contributed by atoms with van der Waals surface area (Å²) in [5, 5.41) is 5.82. The molecule has 1 N–H and O–H groups in total. The second kappa shape index (κ2) is 7.06. The van der Waals surface area contributed by atoms with Gasteiger partial charge in [0.05, 0.1) is 12.1 Å². The number of anilines is 1. The summed E-state index contributed by atoms with van der Waals surface area (Å²) in [5.41, 5.74) is 3.72. The maximum Gasteiger partial charge on any atom is 0.230 e. The molecule has 2 aromatic carbocycles. The summed E-state index contributed by atoms with van der Waals surface area (Å²) in [4.78, 5) is 16.8. The van der Waals surface area contributed by atoms with Crippen molar-refractivity contribution in [1.82, 2.24) is 4.98 Å². The zero-order chi connectivity index (χ0) is 16.2. The lowest BCUT2D eigenvalue weighted by Crippen LogP contribution is -2.15.